The molecule has 0 N–H and O–H groups in total. The van der Waals surface area contributed by atoms with E-state index in [0.29, 0.717) is 5.56 Å². The van der Waals surface area contributed by atoms with Crippen LogP contribution in [0.1, 0.15) is 5.56 Å². The summed E-state index contributed by atoms with van der Waals surface area (Å²) < 4.78 is 29.3. The van der Waals surface area contributed by atoms with Crippen LogP contribution in [0.15, 0.2) is 30.3 Å². The van der Waals surface area contributed by atoms with Gasteiger partial charge in [-0.3, -0.25) is 4.21 Å². The molecule has 0 fully saturated rings. The summed E-state index contributed by atoms with van der Waals surface area (Å²) in [6.07, 6.45) is -0.344. The summed E-state index contributed by atoms with van der Waals surface area (Å²) in [5, 5.41) is 0. The van der Waals surface area contributed by atoms with Crippen LogP contribution in [0, 0.1) is 0 Å². The Bertz CT molecular complexity index is 468. The lowest BCUT2D eigenvalue weighted by molar-refractivity contribution is -0.156. The molecule has 1 unspecified atom stereocenters. The number of benzene rings is 1. The molecule has 1 aromatic carbocycles. The number of hydrogen-bond donors (Lipinski definition) is 0. The second kappa shape index (κ2) is 6.44. The van der Waals surface area contributed by atoms with Crippen LogP contribution in [0.3, 0.4) is 0 Å². The van der Waals surface area contributed by atoms with Gasteiger partial charge in [0.1, 0.15) is 0 Å². The van der Waals surface area contributed by atoms with Crippen LogP contribution in [0.2, 0.25) is 0 Å². The molecule has 7 heteroatoms. The molecule has 6 nitrogen and oxygen atoms in total. The van der Waals surface area contributed by atoms with Crippen molar-refractivity contribution in [3.8, 4) is 0 Å². The molecule has 19 heavy (non-hydrogen) atoms. The molecule has 1 aromatic rings. The second-order valence-corrected chi connectivity index (χ2v) is 4.87. The first kappa shape index (κ1) is 15.3. The zero-order valence-corrected chi connectivity index (χ0v) is 11.3. The van der Waals surface area contributed by atoms with E-state index < -0.39 is 27.8 Å². The van der Waals surface area contributed by atoms with Gasteiger partial charge in [-0.15, -0.1) is 0 Å². The lowest BCUT2D eigenvalue weighted by Crippen LogP contribution is -2.53. The molecule has 0 radical (unpaired) electrons. The Morgan fingerprint density at radius 2 is 1.63 bits per heavy atom. The van der Waals surface area contributed by atoms with Gasteiger partial charge in [0.15, 0.2) is 0 Å². The Labute approximate surface area is 113 Å². The van der Waals surface area contributed by atoms with Crippen molar-refractivity contribution >= 4 is 23.0 Å². The summed E-state index contributed by atoms with van der Waals surface area (Å²) in [5.74, 6) is -2.34. The summed E-state index contributed by atoms with van der Waals surface area (Å²) >= 11 is -3.02. The van der Waals surface area contributed by atoms with E-state index in [4.69, 9.17) is 0 Å². The molecular formula is C12H13O6S-. The Hall–Kier alpha value is -1.73. The SMILES string of the molecule is COC(=O)C(Cc1ccccc1)(C(=O)OC)S(=O)[O-]. The Kier molecular flexibility index (Phi) is 5.20. The first-order chi connectivity index (χ1) is 8.98. The lowest BCUT2D eigenvalue weighted by Gasteiger charge is -2.30. The van der Waals surface area contributed by atoms with E-state index in [0.717, 1.165) is 14.2 Å². The molecule has 0 aliphatic rings. The van der Waals surface area contributed by atoms with Gasteiger partial charge < -0.3 is 14.0 Å². The number of ether oxygens (including phenoxy) is 2. The van der Waals surface area contributed by atoms with Gasteiger partial charge in [0, 0.05) is 6.42 Å². The first-order valence-corrected chi connectivity index (χ1v) is 6.36. The summed E-state index contributed by atoms with van der Waals surface area (Å²) in [4.78, 5) is 23.5. The third-order valence-corrected chi connectivity index (χ3v) is 3.66. The van der Waals surface area contributed by atoms with Crippen molar-refractivity contribution < 1.29 is 27.8 Å². The molecule has 0 saturated carbocycles. The van der Waals surface area contributed by atoms with Crippen LogP contribution in [0.4, 0.5) is 0 Å². The highest BCUT2D eigenvalue weighted by Crippen LogP contribution is 2.23. The van der Waals surface area contributed by atoms with Gasteiger partial charge in [-0.05, 0) is 16.6 Å². The van der Waals surface area contributed by atoms with Gasteiger partial charge in [0.2, 0.25) is 4.75 Å². The summed E-state index contributed by atoms with van der Waals surface area (Å²) in [5.41, 5.74) is 0.502. The summed E-state index contributed by atoms with van der Waals surface area (Å²) in [6, 6.07) is 8.28. The third kappa shape index (κ3) is 2.99. The van der Waals surface area contributed by atoms with E-state index in [1.807, 2.05) is 0 Å². The van der Waals surface area contributed by atoms with Gasteiger partial charge in [0.25, 0.3) is 0 Å². The van der Waals surface area contributed by atoms with Crippen LogP contribution >= 0.6 is 0 Å². The fourth-order valence-corrected chi connectivity index (χ4v) is 2.36. The predicted molar refractivity (Wildman–Crippen MR) is 65.8 cm³/mol. The minimum Gasteiger partial charge on any atom is -0.771 e. The maximum Gasteiger partial charge on any atom is 0.335 e. The van der Waals surface area contributed by atoms with Crippen molar-refractivity contribution in [2.75, 3.05) is 14.2 Å². The molecule has 0 spiro atoms. The molecule has 0 aromatic heterocycles. The first-order valence-electron chi connectivity index (χ1n) is 5.29. The third-order valence-electron chi connectivity index (χ3n) is 2.61. The second-order valence-electron chi connectivity index (χ2n) is 3.71. The number of esters is 2. The lowest BCUT2D eigenvalue weighted by atomic mass is 9.98. The zero-order valence-electron chi connectivity index (χ0n) is 10.5. The number of carbonyl (C=O) groups excluding carboxylic acids is 2. The van der Waals surface area contributed by atoms with Crippen LogP contribution < -0.4 is 0 Å². The van der Waals surface area contributed by atoms with E-state index in [-0.39, 0.29) is 6.42 Å². The fraction of sp³-hybridized carbons (Fsp3) is 0.333. The highest BCUT2D eigenvalue weighted by atomic mass is 32.2. The number of rotatable bonds is 5. The van der Waals surface area contributed by atoms with Gasteiger partial charge in [-0.25, -0.2) is 9.59 Å². The van der Waals surface area contributed by atoms with E-state index in [1.165, 1.54) is 0 Å². The average molecular weight is 285 g/mol. The largest absolute Gasteiger partial charge is 0.771 e. The predicted octanol–water partition coefficient (Wildman–Crippen LogP) is 0.193. The molecule has 0 bridgehead atoms. The standard InChI is InChI=1S/C12H14O6S/c1-17-10(13)12(19(15)16,11(14)18-2)8-9-6-4-3-5-7-9/h3-7H,8H2,1-2H3,(H,15,16)/p-1. The molecule has 104 valence electrons. The molecule has 0 aliphatic heterocycles. The topological polar surface area (TPSA) is 92.7 Å². The maximum absolute atomic E-state index is 11.8. The molecule has 0 amide bonds. The monoisotopic (exact) mass is 285 g/mol. The number of carbonyl (C=O) groups is 2. The zero-order chi connectivity index (χ0) is 14.5. The number of hydrogen-bond acceptors (Lipinski definition) is 6. The molecule has 0 heterocycles. The Balaban J connectivity index is 3.28. The minimum absolute atomic E-state index is 0.344. The fourth-order valence-electron chi connectivity index (χ4n) is 1.64. The van der Waals surface area contributed by atoms with Crippen LogP contribution in [0.25, 0.3) is 0 Å². The highest BCUT2D eigenvalue weighted by Gasteiger charge is 2.50. The van der Waals surface area contributed by atoms with Crippen molar-refractivity contribution in [1.82, 2.24) is 0 Å². The van der Waals surface area contributed by atoms with Crippen molar-refractivity contribution in [1.29, 1.82) is 0 Å². The van der Waals surface area contributed by atoms with Crippen molar-refractivity contribution in [3.05, 3.63) is 35.9 Å². The summed E-state index contributed by atoms with van der Waals surface area (Å²) in [7, 11) is 2.02. The van der Waals surface area contributed by atoms with Gasteiger partial charge >= 0.3 is 11.9 Å². The molecule has 0 saturated heterocycles. The summed E-state index contributed by atoms with van der Waals surface area (Å²) in [6.45, 7) is 0. The molecule has 0 aliphatic carbocycles. The van der Waals surface area contributed by atoms with Gasteiger partial charge in [-0.1, -0.05) is 30.3 Å². The molecule has 1 atom stereocenters. The van der Waals surface area contributed by atoms with Crippen LogP contribution in [-0.4, -0.2) is 39.7 Å². The van der Waals surface area contributed by atoms with E-state index >= 15 is 0 Å². The van der Waals surface area contributed by atoms with Crippen molar-refractivity contribution in [2.24, 2.45) is 0 Å². The maximum atomic E-state index is 11.8. The minimum atomic E-state index is -3.02. The highest BCUT2D eigenvalue weighted by molar-refractivity contribution is 7.82. The van der Waals surface area contributed by atoms with Crippen LogP contribution in [-0.2, 0) is 36.6 Å². The smallest absolute Gasteiger partial charge is 0.335 e. The van der Waals surface area contributed by atoms with E-state index in [1.54, 1.807) is 30.3 Å². The normalized spacial score (nSPS) is 12.6. The van der Waals surface area contributed by atoms with Gasteiger partial charge in [-0.2, -0.15) is 0 Å². The molecule has 1 rings (SSSR count). The van der Waals surface area contributed by atoms with Gasteiger partial charge in [0.05, 0.1) is 14.2 Å². The van der Waals surface area contributed by atoms with Crippen molar-refractivity contribution in [3.63, 3.8) is 0 Å². The van der Waals surface area contributed by atoms with Crippen LogP contribution in [0.5, 0.6) is 0 Å². The average Bonchev–Trinajstić information content (AvgIpc) is 2.43. The number of methoxy groups -OCH3 is 2. The van der Waals surface area contributed by atoms with E-state index in [2.05, 4.69) is 9.47 Å². The molecular weight excluding hydrogens is 272 g/mol. The quantitative estimate of drug-likeness (QED) is 0.435. The van der Waals surface area contributed by atoms with Crippen molar-refractivity contribution in [2.45, 2.75) is 11.2 Å². The Morgan fingerprint density at radius 3 is 2.00 bits per heavy atom. The van der Waals surface area contributed by atoms with E-state index in [9.17, 15) is 18.4 Å². The Morgan fingerprint density at radius 1 is 1.16 bits per heavy atom.